The normalized spacial score (nSPS) is 22.0. The minimum absolute atomic E-state index is 0.0963. The van der Waals surface area contributed by atoms with Crippen molar-refractivity contribution in [1.29, 1.82) is 0 Å². The number of nitrogens with one attached hydrogen (secondary N) is 1. The number of hydrogen-bond acceptors (Lipinski definition) is 2. The van der Waals surface area contributed by atoms with Gasteiger partial charge in [-0.2, -0.15) is 0 Å². The van der Waals surface area contributed by atoms with Gasteiger partial charge in [0.05, 0.1) is 11.4 Å². The number of amides is 1. The van der Waals surface area contributed by atoms with Gasteiger partial charge in [0.1, 0.15) is 4.60 Å². The van der Waals surface area contributed by atoms with Crippen LogP contribution < -0.4 is 5.32 Å². The van der Waals surface area contributed by atoms with Crippen LogP contribution in [0.1, 0.15) is 45.2 Å². The molecule has 1 unspecified atom stereocenters. The Morgan fingerprint density at radius 2 is 2.16 bits per heavy atom. The number of pyridine rings is 1. The summed E-state index contributed by atoms with van der Waals surface area (Å²) in [4.78, 5) is 16.8. The Bertz CT molecular complexity index is 485. The lowest BCUT2D eigenvalue weighted by Gasteiger charge is -2.37. The van der Waals surface area contributed by atoms with Crippen LogP contribution in [0.3, 0.4) is 0 Å². The third-order valence-electron chi connectivity index (χ3n) is 4.13. The highest BCUT2D eigenvalue weighted by atomic mass is 79.9. The predicted octanol–water partition coefficient (Wildman–Crippen LogP) is 4.31. The molecule has 1 aliphatic carbocycles. The van der Waals surface area contributed by atoms with Gasteiger partial charge in [0.15, 0.2) is 0 Å². The largest absolute Gasteiger partial charge is 0.324 e. The molecule has 0 spiro atoms. The topological polar surface area (TPSA) is 42.0 Å². The van der Waals surface area contributed by atoms with Gasteiger partial charge in [-0.15, -0.1) is 0 Å². The van der Waals surface area contributed by atoms with E-state index in [1.54, 1.807) is 0 Å². The van der Waals surface area contributed by atoms with Crippen molar-refractivity contribution in [2.45, 2.75) is 46.5 Å². The summed E-state index contributed by atoms with van der Waals surface area (Å²) in [5.74, 6) is 0.237. The number of rotatable bonds is 2. The minimum atomic E-state index is 0.0963. The van der Waals surface area contributed by atoms with E-state index in [0.717, 1.165) is 35.2 Å². The number of hydrogen-bond donors (Lipinski definition) is 1. The van der Waals surface area contributed by atoms with Crippen LogP contribution in [0.15, 0.2) is 16.7 Å². The van der Waals surface area contributed by atoms with Gasteiger partial charge in [-0.05, 0) is 53.2 Å². The van der Waals surface area contributed by atoms with Crippen LogP contribution in [0.5, 0.6) is 0 Å². The second-order valence-corrected chi connectivity index (χ2v) is 6.86. The number of carbonyl (C=O) groups is 1. The molecule has 3 nitrogen and oxygen atoms in total. The first-order valence-electron chi connectivity index (χ1n) is 6.84. The highest BCUT2D eigenvalue weighted by molar-refractivity contribution is 9.10. The Morgan fingerprint density at radius 1 is 1.42 bits per heavy atom. The van der Waals surface area contributed by atoms with Gasteiger partial charge in [-0.3, -0.25) is 4.79 Å². The van der Waals surface area contributed by atoms with Crippen molar-refractivity contribution in [3.05, 3.63) is 22.4 Å². The minimum Gasteiger partial charge on any atom is -0.324 e. The quantitative estimate of drug-likeness (QED) is 0.824. The number of carbonyl (C=O) groups excluding carboxylic acids is 1. The number of aryl methyl sites for hydroxylation is 1. The molecule has 1 aromatic rings. The third-order valence-corrected chi connectivity index (χ3v) is 4.58. The second-order valence-electron chi connectivity index (χ2n) is 6.04. The number of nitrogens with zero attached hydrogens (tertiary/aromatic N) is 1. The zero-order valence-electron chi connectivity index (χ0n) is 11.8. The standard InChI is InChI=1S/C15H21BrN2O/c1-10-12(7-8-13(16)17-10)18-14(19)11-6-4-5-9-15(11,2)3/h7-8,11H,4-6,9H2,1-3H3,(H,18,19). The fraction of sp³-hybridized carbons (Fsp3) is 0.600. The number of halogens is 1. The monoisotopic (exact) mass is 324 g/mol. The van der Waals surface area contributed by atoms with E-state index in [1.165, 1.54) is 6.42 Å². The van der Waals surface area contributed by atoms with E-state index in [9.17, 15) is 4.79 Å². The summed E-state index contributed by atoms with van der Waals surface area (Å²) < 4.78 is 0.793. The van der Waals surface area contributed by atoms with Crippen molar-refractivity contribution < 1.29 is 4.79 Å². The first-order chi connectivity index (χ1) is 8.90. The molecule has 1 heterocycles. The Balaban J connectivity index is 2.12. The van der Waals surface area contributed by atoms with Gasteiger partial charge < -0.3 is 5.32 Å². The van der Waals surface area contributed by atoms with Crippen molar-refractivity contribution in [3.8, 4) is 0 Å². The lowest BCUT2D eigenvalue weighted by atomic mass is 9.68. The first kappa shape index (κ1) is 14.5. The summed E-state index contributed by atoms with van der Waals surface area (Å²) in [6.07, 6.45) is 4.50. The van der Waals surface area contributed by atoms with E-state index in [-0.39, 0.29) is 17.2 Å². The van der Waals surface area contributed by atoms with Crippen molar-refractivity contribution in [3.63, 3.8) is 0 Å². The summed E-state index contributed by atoms with van der Waals surface area (Å²) in [6, 6.07) is 3.76. The molecule has 0 saturated heterocycles. The van der Waals surface area contributed by atoms with Crippen molar-refractivity contribution in [2.24, 2.45) is 11.3 Å². The van der Waals surface area contributed by atoms with Gasteiger partial charge in [-0.1, -0.05) is 26.7 Å². The van der Waals surface area contributed by atoms with E-state index in [2.05, 4.69) is 40.1 Å². The number of aromatic nitrogens is 1. The molecular formula is C15H21BrN2O. The fourth-order valence-electron chi connectivity index (χ4n) is 2.86. The highest BCUT2D eigenvalue weighted by Crippen LogP contribution is 2.41. The smallest absolute Gasteiger partial charge is 0.228 e. The molecular weight excluding hydrogens is 304 g/mol. The maximum Gasteiger partial charge on any atom is 0.228 e. The van der Waals surface area contributed by atoms with E-state index in [1.807, 2.05) is 19.1 Å². The van der Waals surface area contributed by atoms with Gasteiger partial charge in [0.2, 0.25) is 5.91 Å². The Labute approximate surface area is 123 Å². The molecule has 1 amide bonds. The zero-order valence-corrected chi connectivity index (χ0v) is 13.4. The van der Waals surface area contributed by atoms with E-state index in [0.29, 0.717) is 0 Å². The molecule has 0 bridgehead atoms. The van der Waals surface area contributed by atoms with Gasteiger partial charge in [0.25, 0.3) is 0 Å². The first-order valence-corrected chi connectivity index (χ1v) is 7.63. The van der Waals surface area contributed by atoms with Crippen molar-refractivity contribution >= 4 is 27.5 Å². The lowest BCUT2D eigenvalue weighted by Crippen LogP contribution is -2.37. The molecule has 104 valence electrons. The fourth-order valence-corrected chi connectivity index (χ4v) is 3.26. The highest BCUT2D eigenvalue weighted by Gasteiger charge is 2.37. The Kier molecular flexibility index (Phi) is 4.29. The van der Waals surface area contributed by atoms with Crippen LogP contribution in [0, 0.1) is 18.3 Å². The molecule has 2 rings (SSSR count). The van der Waals surface area contributed by atoms with E-state index in [4.69, 9.17) is 0 Å². The van der Waals surface area contributed by atoms with Crippen LogP contribution in [-0.2, 0) is 4.79 Å². The van der Waals surface area contributed by atoms with Gasteiger partial charge in [0, 0.05) is 5.92 Å². The molecule has 1 aliphatic rings. The maximum atomic E-state index is 12.5. The lowest BCUT2D eigenvalue weighted by molar-refractivity contribution is -0.124. The van der Waals surface area contributed by atoms with Crippen LogP contribution >= 0.6 is 15.9 Å². The van der Waals surface area contributed by atoms with Crippen LogP contribution in [0.2, 0.25) is 0 Å². The molecule has 1 fully saturated rings. The average Bonchev–Trinajstić information content (AvgIpc) is 2.32. The second kappa shape index (κ2) is 5.61. The predicted molar refractivity (Wildman–Crippen MR) is 81.0 cm³/mol. The molecule has 1 atom stereocenters. The summed E-state index contributed by atoms with van der Waals surface area (Å²) in [7, 11) is 0. The number of anilines is 1. The molecule has 4 heteroatoms. The van der Waals surface area contributed by atoms with Crippen LogP contribution in [-0.4, -0.2) is 10.9 Å². The Morgan fingerprint density at radius 3 is 2.79 bits per heavy atom. The summed E-state index contributed by atoms with van der Waals surface area (Å²) >= 11 is 3.33. The van der Waals surface area contributed by atoms with Crippen LogP contribution in [0.25, 0.3) is 0 Å². The van der Waals surface area contributed by atoms with Gasteiger partial charge >= 0.3 is 0 Å². The molecule has 0 radical (unpaired) electrons. The summed E-state index contributed by atoms with van der Waals surface area (Å²) in [5.41, 5.74) is 1.75. The van der Waals surface area contributed by atoms with Crippen molar-refractivity contribution in [1.82, 2.24) is 4.98 Å². The third kappa shape index (κ3) is 3.35. The zero-order chi connectivity index (χ0) is 14.0. The van der Waals surface area contributed by atoms with Crippen LogP contribution in [0.4, 0.5) is 5.69 Å². The molecule has 1 N–H and O–H groups in total. The maximum absolute atomic E-state index is 12.5. The summed E-state index contributed by atoms with van der Waals surface area (Å²) in [6.45, 7) is 6.30. The van der Waals surface area contributed by atoms with E-state index < -0.39 is 0 Å². The molecule has 19 heavy (non-hydrogen) atoms. The summed E-state index contributed by atoms with van der Waals surface area (Å²) in [5, 5.41) is 3.04. The van der Waals surface area contributed by atoms with Crippen molar-refractivity contribution in [2.75, 3.05) is 5.32 Å². The van der Waals surface area contributed by atoms with E-state index >= 15 is 0 Å². The molecule has 0 aliphatic heterocycles. The average molecular weight is 325 g/mol. The molecule has 1 saturated carbocycles. The van der Waals surface area contributed by atoms with Gasteiger partial charge in [-0.25, -0.2) is 4.98 Å². The Hall–Kier alpha value is -0.900. The SMILES string of the molecule is Cc1nc(Br)ccc1NC(=O)C1CCCCC1(C)C. The molecule has 0 aromatic carbocycles. The molecule has 1 aromatic heterocycles.